The lowest BCUT2D eigenvalue weighted by molar-refractivity contribution is -0.186. The Labute approximate surface area is 221 Å². The maximum atomic E-state index is 15.6. The number of aliphatic hydroxyl groups excluding tert-OH is 1. The zero-order chi connectivity index (χ0) is 28.0. The third-order valence-electron chi connectivity index (χ3n) is 9.22. The fraction of sp³-hybridized carbons (Fsp3) is 0.714. The van der Waals surface area contributed by atoms with Gasteiger partial charge in [0.2, 0.25) is 5.78 Å². The SMILES string of the molecule is CCOC(=O)O[C@]1(C(=O)COC(=O)OC(C)C)CC[C@H]2[C@@H]3C[C@H](F)C4=CC(=O)C=C[C@]4(C)[C@H]3C(O)C[C@@]21C. The van der Waals surface area contributed by atoms with Crippen LogP contribution in [0.2, 0.25) is 0 Å². The van der Waals surface area contributed by atoms with Crippen LogP contribution >= 0.6 is 0 Å². The van der Waals surface area contributed by atoms with E-state index in [1.807, 2.05) is 6.92 Å². The first kappa shape index (κ1) is 28.3. The molecule has 4 rings (SSSR count). The molecule has 9 nitrogen and oxygen atoms in total. The molecule has 3 fully saturated rings. The summed E-state index contributed by atoms with van der Waals surface area (Å²) in [5.41, 5.74) is -3.34. The van der Waals surface area contributed by atoms with Crippen molar-refractivity contribution < 1.29 is 47.6 Å². The van der Waals surface area contributed by atoms with Crippen molar-refractivity contribution in [1.82, 2.24) is 0 Å². The average molecular weight is 537 g/mol. The molecule has 0 aliphatic heterocycles. The minimum Gasteiger partial charge on any atom is -0.435 e. The molecule has 0 amide bonds. The van der Waals surface area contributed by atoms with Gasteiger partial charge in [-0.1, -0.05) is 19.9 Å². The van der Waals surface area contributed by atoms with Crippen molar-refractivity contribution >= 4 is 23.9 Å². The summed E-state index contributed by atoms with van der Waals surface area (Å²) in [6.45, 7) is 7.82. The van der Waals surface area contributed by atoms with Gasteiger partial charge >= 0.3 is 12.3 Å². The summed E-state index contributed by atoms with van der Waals surface area (Å²) in [6, 6.07) is 0. The van der Waals surface area contributed by atoms with Crippen LogP contribution in [0, 0.1) is 28.6 Å². The molecule has 0 bridgehead atoms. The number of carbonyl (C=O) groups is 4. The lowest BCUT2D eigenvalue weighted by atomic mass is 9.46. The van der Waals surface area contributed by atoms with Crippen LogP contribution in [-0.2, 0) is 28.5 Å². The van der Waals surface area contributed by atoms with Crippen molar-refractivity contribution in [2.24, 2.45) is 28.6 Å². The van der Waals surface area contributed by atoms with E-state index in [0.717, 1.165) is 0 Å². The van der Waals surface area contributed by atoms with Gasteiger partial charge in [0.25, 0.3) is 0 Å². The molecule has 3 saturated carbocycles. The van der Waals surface area contributed by atoms with Crippen LogP contribution in [0.3, 0.4) is 0 Å². The van der Waals surface area contributed by atoms with E-state index in [-0.39, 0.29) is 43.5 Å². The minimum absolute atomic E-state index is 0.0236. The van der Waals surface area contributed by atoms with Gasteiger partial charge in [0.1, 0.15) is 6.17 Å². The van der Waals surface area contributed by atoms with Gasteiger partial charge in [0.05, 0.1) is 18.8 Å². The van der Waals surface area contributed by atoms with Crippen LogP contribution in [0.1, 0.15) is 60.3 Å². The second-order valence-corrected chi connectivity index (χ2v) is 11.6. The van der Waals surface area contributed by atoms with Crippen molar-refractivity contribution in [2.75, 3.05) is 13.2 Å². The number of aliphatic hydroxyl groups is 1. The van der Waals surface area contributed by atoms with E-state index < -0.39 is 65.4 Å². The van der Waals surface area contributed by atoms with Gasteiger partial charge in [-0.3, -0.25) is 9.59 Å². The predicted molar refractivity (Wildman–Crippen MR) is 132 cm³/mol. The summed E-state index contributed by atoms with van der Waals surface area (Å²) in [5, 5.41) is 11.6. The number of rotatable bonds is 6. The van der Waals surface area contributed by atoms with Crippen molar-refractivity contribution in [3.63, 3.8) is 0 Å². The Morgan fingerprint density at radius 2 is 1.89 bits per heavy atom. The molecule has 0 heterocycles. The number of ether oxygens (including phenoxy) is 4. The molecule has 0 saturated heterocycles. The highest BCUT2D eigenvalue weighted by Gasteiger charge is 2.71. The molecule has 210 valence electrons. The predicted octanol–water partition coefficient (Wildman–Crippen LogP) is 4.26. The zero-order valence-electron chi connectivity index (χ0n) is 22.5. The van der Waals surface area contributed by atoms with Crippen LogP contribution < -0.4 is 0 Å². The molecule has 0 spiro atoms. The maximum Gasteiger partial charge on any atom is 0.509 e. The Morgan fingerprint density at radius 3 is 2.55 bits per heavy atom. The molecule has 0 aromatic carbocycles. The van der Waals surface area contributed by atoms with Gasteiger partial charge in [0.15, 0.2) is 18.0 Å². The number of hydrogen-bond acceptors (Lipinski definition) is 9. The van der Waals surface area contributed by atoms with Crippen LogP contribution in [0.4, 0.5) is 14.0 Å². The molecular weight excluding hydrogens is 499 g/mol. The molecule has 4 aliphatic carbocycles. The van der Waals surface area contributed by atoms with E-state index in [1.54, 1.807) is 33.8 Å². The summed E-state index contributed by atoms with van der Waals surface area (Å²) in [6.07, 6.45) is 0.239. The Bertz CT molecular complexity index is 1070. The van der Waals surface area contributed by atoms with Gasteiger partial charge < -0.3 is 24.1 Å². The smallest absolute Gasteiger partial charge is 0.435 e. The maximum absolute atomic E-state index is 15.6. The topological polar surface area (TPSA) is 125 Å². The van der Waals surface area contributed by atoms with Crippen LogP contribution in [0.25, 0.3) is 0 Å². The number of hydrogen-bond donors (Lipinski definition) is 1. The summed E-state index contributed by atoms with van der Waals surface area (Å²) < 4.78 is 36.4. The third kappa shape index (κ3) is 4.44. The first-order valence-corrected chi connectivity index (χ1v) is 13.3. The second-order valence-electron chi connectivity index (χ2n) is 11.6. The number of ketones is 2. The highest BCUT2D eigenvalue weighted by molar-refractivity contribution is 6.01. The van der Waals surface area contributed by atoms with Gasteiger partial charge in [-0.05, 0) is 76.0 Å². The van der Waals surface area contributed by atoms with E-state index in [2.05, 4.69) is 0 Å². The fourth-order valence-corrected chi connectivity index (χ4v) is 7.76. The van der Waals surface area contributed by atoms with Crippen LogP contribution in [0.5, 0.6) is 0 Å². The van der Waals surface area contributed by atoms with E-state index in [1.165, 1.54) is 12.2 Å². The molecule has 8 atom stereocenters. The van der Waals surface area contributed by atoms with Crippen LogP contribution in [-0.4, -0.2) is 66.2 Å². The number of carbonyl (C=O) groups excluding carboxylic acids is 4. The molecule has 0 aromatic heterocycles. The van der Waals surface area contributed by atoms with Gasteiger partial charge in [-0.2, -0.15) is 0 Å². The number of allylic oxidation sites excluding steroid dienone is 4. The lowest BCUT2D eigenvalue weighted by Gasteiger charge is -2.60. The molecule has 1 unspecified atom stereocenters. The quantitative estimate of drug-likeness (QED) is 0.496. The minimum atomic E-state index is -1.75. The second kappa shape index (κ2) is 10.1. The summed E-state index contributed by atoms with van der Waals surface area (Å²) in [7, 11) is 0. The Hall–Kier alpha value is -2.75. The van der Waals surface area contributed by atoms with E-state index >= 15 is 4.39 Å². The molecule has 38 heavy (non-hydrogen) atoms. The first-order chi connectivity index (χ1) is 17.8. The Kier molecular flexibility index (Phi) is 7.51. The summed E-state index contributed by atoms with van der Waals surface area (Å²) in [5.74, 6) is -1.97. The van der Waals surface area contributed by atoms with E-state index in [0.29, 0.717) is 12.0 Å². The van der Waals surface area contributed by atoms with Gasteiger partial charge in [-0.25, -0.2) is 14.0 Å². The first-order valence-electron chi connectivity index (χ1n) is 13.3. The highest BCUT2D eigenvalue weighted by atomic mass is 19.1. The summed E-state index contributed by atoms with van der Waals surface area (Å²) >= 11 is 0. The Morgan fingerprint density at radius 1 is 1.18 bits per heavy atom. The molecular formula is C28H37FO9. The third-order valence-corrected chi connectivity index (χ3v) is 9.22. The van der Waals surface area contributed by atoms with Crippen molar-refractivity contribution in [3.05, 3.63) is 23.8 Å². The molecule has 10 heteroatoms. The number of fused-ring (bicyclic) bond motifs is 5. The molecule has 4 aliphatic rings. The largest absolute Gasteiger partial charge is 0.509 e. The Balaban J connectivity index is 1.70. The number of alkyl halides is 1. The molecule has 0 aromatic rings. The summed E-state index contributed by atoms with van der Waals surface area (Å²) in [4.78, 5) is 50.3. The van der Waals surface area contributed by atoms with Gasteiger partial charge in [0, 0.05) is 16.7 Å². The van der Waals surface area contributed by atoms with Crippen molar-refractivity contribution in [2.45, 2.75) is 84.3 Å². The monoisotopic (exact) mass is 536 g/mol. The van der Waals surface area contributed by atoms with Crippen molar-refractivity contribution in [1.29, 1.82) is 0 Å². The van der Waals surface area contributed by atoms with E-state index in [4.69, 9.17) is 18.9 Å². The number of halogens is 1. The molecule has 0 radical (unpaired) electrons. The fourth-order valence-electron chi connectivity index (χ4n) is 7.76. The van der Waals surface area contributed by atoms with E-state index in [9.17, 15) is 24.3 Å². The average Bonchev–Trinajstić information content (AvgIpc) is 3.10. The number of Topliss-reactive ketones (excluding diaryl/α,β-unsaturated/α-hetero) is 1. The standard InChI is InChI=1S/C28H37FO9/c1-6-35-25(34)38-28(22(32)14-36-24(33)37-15(2)3)10-8-18-17-12-20(29)19-11-16(30)7-9-26(19,4)23(17)21(31)13-27(18,28)5/h7,9,11,15,17-18,20-21,23,31H,6,8,10,12-14H2,1-5H3/t17-,18-,20-,21?,23+,26-,27-,28-/m0/s1. The lowest BCUT2D eigenvalue weighted by Crippen LogP contribution is -2.64. The highest BCUT2D eigenvalue weighted by Crippen LogP contribution is 2.68. The van der Waals surface area contributed by atoms with Gasteiger partial charge in [-0.15, -0.1) is 0 Å². The molecule has 1 N–H and O–H groups in total. The normalized spacial score (nSPS) is 39.4. The van der Waals surface area contributed by atoms with Crippen molar-refractivity contribution in [3.8, 4) is 0 Å². The van der Waals surface area contributed by atoms with Crippen LogP contribution in [0.15, 0.2) is 23.8 Å². The zero-order valence-corrected chi connectivity index (χ0v) is 22.5.